The molecule has 0 atom stereocenters. The molecular formula is C28H28F4N6O2. The first-order chi connectivity index (χ1) is 19.0. The minimum atomic E-state index is -4.61. The van der Waals surface area contributed by atoms with Gasteiger partial charge in [0.1, 0.15) is 11.6 Å². The van der Waals surface area contributed by atoms with Crippen molar-refractivity contribution >= 4 is 29.1 Å². The largest absolute Gasteiger partial charge is 0.416 e. The van der Waals surface area contributed by atoms with Crippen molar-refractivity contribution in [2.75, 3.05) is 49.2 Å². The fourth-order valence-corrected chi connectivity index (χ4v) is 4.20. The zero-order valence-corrected chi connectivity index (χ0v) is 21.7. The Morgan fingerprint density at radius 3 is 2.33 bits per heavy atom. The van der Waals surface area contributed by atoms with Crippen molar-refractivity contribution in [2.24, 2.45) is 0 Å². The second-order valence-electron chi connectivity index (χ2n) is 9.35. The van der Waals surface area contributed by atoms with Crippen LogP contribution in [0.4, 0.5) is 39.5 Å². The lowest BCUT2D eigenvalue weighted by atomic mass is 10.0. The molecule has 3 N–H and O–H groups in total. The van der Waals surface area contributed by atoms with Gasteiger partial charge in [0.15, 0.2) is 0 Å². The van der Waals surface area contributed by atoms with Gasteiger partial charge in [-0.25, -0.2) is 14.2 Å². The van der Waals surface area contributed by atoms with Crippen molar-refractivity contribution in [2.45, 2.75) is 12.7 Å². The molecule has 1 aliphatic rings. The van der Waals surface area contributed by atoms with E-state index < -0.39 is 29.5 Å². The average molecular weight is 557 g/mol. The van der Waals surface area contributed by atoms with Gasteiger partial charge in [-0.2, -0.15) is 13.2 Å². The summed E-state index contributed by atoms with van der Waals surface area (Å²) in [7, 11) is 1.97. The standard InChI is InChI=1S/C28H28F4N6O2/c1-3-26(39)36-25-9-6-19(16-33-25)18-5-8-24(23(29)14-18)35-27(40)34-21-7-4-20(22(15-21)28(30,31)32)17-38-12-10-37(2)11-13-38/h3-9,14-16H,1,10-13,17H2,2H3,(H,33,36,39)(H2,34,35,40). The molecule has 2 heterocycles. The minimum Gasteiger partial charge on any atom is -0.308 e. The number of nitrogens with zero attached hydrogens (tertiary/aromatic N) is 3. The topological polar surface area (TPSA) is 89.6 Å². The SMILES string of the molecule is C=CC(=O)Nc1ccc(-c2ccc(NC(=O)Nc3ccc(CN4CCN(C)CC4)c(C(F)(F)F)c3)c(F)c2)cn1. The van der Waals surface area contributed by atoms with Gasteiger partial charge in [0, 0.05) is 50.2 Å². The first-order valence-corrected chi connectivity index (χ1v) is 12.4. The highest BCUT2D eigenvalue weighted by Crippen LogP contribution is 2.35. The van der Waals surface area contributed by atoms with Gasteiger partial charge in [0.25, 0.3) is 0 Å². The lowest BCUT2D eigenvalue weighted by Gasteiger charge is -2.33. The lowest BCUT2D eigenvalue weighted by molar-refractivity contribution is -0.138. The quantitative estimate of drug-likeness (QED) is 0.267. The number of carbonyl (C=O) groups is 2. The van der Waals surface area contributed by atoms with E-state index in [-0.39, 0.29) is 23.5 Å². The third-order valence-corrected chi connectivity index (χ3v) is 6.41. The minimum absolute atomic E-state index is 0.0707. The summed E-state index contributed by atoms with van der Waals surface area (Å²) in [6.45, 7) is 6.38. The Balaban J connectivity index is 1.42. The molecule has 1 aliphatic heterocycles. The summed E-state index contributed by atoms with van der Waals surface area (Å²) in [5.74, 6) is -0.878. The predicted octanol–water partition coefficient (Wildman–Crippen LogP) is 5.42. The number of aromatic nitrogens is 1. The van der Waals surface area contributed by atoms with Crippen LogP contribution >= 0.6 is 0 Å². The Hall–Kier alpha value is -4.29. The van der Waals surface area contributed by atoms with Gasteiger partial charge in [-0.1, -0.05) is 18.7 Å². The van der Waals surface area contributed by atoms with Gasteiger partial charge in [-0.05, 0) is 60.6 Å². The van der Waals surface area contributed by atoms with Crippen LogP contribution in [0.2, 0.25) is 0 Å². The number of amides is 3. The summed E-state index contributed by atoms with van der Waals surface area (Å²) >= 11 is 0. The third-order valence-electron chi connectivity index (χ3n) is 6.41. The zero-order chi connectivity index (χ0) is 28.9. The molecule has 0 radical (unpaired) electrons. The molecule has 1 aromatic heterocycles. The van der Waals surface area contributed by atoms with E-state index in [1.165, 1.54) is 30.5 Å². The van der Waals surface area contributed by atoms with Crippen molar-refractivity contribution in [1.82, 2.24) is 14.8 Å². The molecule has 0 bridgehead atoms. The number of hydrogen-bond acceptors (Lipinski definition) is 5. The van der Waals surface area contributed by atoms with Crippen LogP contribution in [-0.2, 0) is 17.5 Å². The summed E-state index contributed by atoms with van der Waals surface area (Å²) in [5.41, 5.74) is 0.0790. The average Bonchev–Trinajstić information content (AvgIpc) is 2.91. The van der Waals surface area contributed by atoms with Crippen LogP contribution in [-0.4, -0.2) is 59.9 Å². The van der Waals surface area contributed by atoms with E-state index in [0.29, 0.717) is 30.0 Å². The molecule has 2 aromatic carbocycles. The molecule has 210 valence electrons. The van der Waals surface area contributed by atoms with Crippen molar-refractivity contribution in [3.63, 3.8) is 0 Å². The second-order valence-corrected chi connectivity index (χ2v) is 9.35. The second kappa shape index (κ2) is 12.3. The smallest absolute Gasteiger partial charge is 0.308 e. The van der Waals surface area contributed by atoms with E-state index in [2.05, 4.69) is 32.4 Å². The highest BCUT2D eigenvalue weighted by atomic mass is 19.4. The van der Waals surface area contributed by atoms with Crippen LogP contribution in [0.5, 0.6) is 0 Å². The number of hydrogen-bond donors (Lipinski definition) is 3. The van der Waals surface area contributed by atoms with Crippen LogP contribution in [0, 0.1) is 5.82 Å². The number of carbonyl (C=O) groups excluding carboxylic acids is 2. The molecule has 0 saturated carbocycles. The zero-order valence-electron chi connectivity index (χ0n) is 21.7. The maximum Gasteiger partial charge on any atom is 0.416 e. The lowest BCUT2D eigenvalue weighted by Crippen LogP contribution is -2.44. The highest BCUT2D eigenvalue weighted by Gasteiger charge is 2.34. The maximum atomic E-state index is 14.8. The molecule has 3 aromatic rings. The van der Waals surface area contributed by atoms with Crippen LogP contribution in [0.15, 0.2) is 67.4 Å². The van der Waals surface area contributed by atoms with Gasteiger partial charge < -0.3 is 20.9 Å². The summed E-state index contributed by atoms with van der Waals surface area (Å²) in [4.78, 5) is 32.0. The Kier molecular flexibility index (Phi) is 8.80. The number of alkyl halides is 3. The summed E-state index contributed by atoms with van der Waals surface area (Å²) in [6, 6.07) is 9.98. The Morgan fingerprint density at radius 2 is 1.70 bits per heavy atom. The maximum absolute atomic E-state index is 14.8. The van der Waals surface area contributed by atoms with Crippen LogP contribution in [0.1, 0.15) is 11.1 Å². The number of rotatable bonds is 7. The molecule has 0 spiro atoms. The summed E-state index contributed by atoms with van der Waals surface area (Å²) < 4.78 is 56.2. The first-order valence-electron chi connectivity index (χ1n) is 12.4. The number of piperazine rings is 1. The molecule has 12 heteroatoms. The van der Waals surface area contributed by atoms with E-state index in [4.69, 9.17) is 0 Å². The van der Waals surface area contributed by atoms with E-state index in [0.717, 1.165) is 25.2 Å². The van der Waals surface area contributed by atoms with Gasteiger partial charge >= 0.3 is 12.2 Å². The van der Waals surface area contributed by atoms with Crippen molar-refractivity contribution in [3.8, 4) is 11.1 Å². The summed E-state index contributed by atoms with van der Waals surface area (Å²) in [5, 5.41) is 7.18. The van der Waals surface area contributed by atoms with Gasteiger partial charge in [0.05, 0.1) is 11.3 Å². The molecular weight excluding hydrogens is 528 g/mol. The Morgan fingerprint density at radius 1 is 0.975 bits per heavy atom. The number of nitrogens with one attached hydrogen (secondary N) is 3. The molecule has 1 fully saturated rings. The van der Waals surface area contributed by atoms with Crippen LogP contribution < -0.4 is 16.0 Å². The fraction of sp³-hybridized carbons (Fsp3) is 0.250. The van der Waals surface area contributed by atoms with Gasteiger partial charge in [-0.15, -0.1) is 0 Å². The van der Waals surface area contributed by atoms with E-state index >= 15 is 0 Å². The number of anilines is 3. The third kappa shape index (κ3) is 7.42. The molecule has 8 nitrogen and oxygen atoms in total. The van der Waals surface area contributed by atoms with Crippen molar-refractivity contribution < 1.29 is 27.2 Å². The van der Waals surface area contributed by atoms with Gasteiger partial charge in [-0.3, -0.25) is 9.69 Å². The molecule has 0 aliphatic carbocycles. The molecule has 40 heavy (non-hydrogen) atoms. The van der Waals surface area contributed by atoms with E-state index in [9.17, 15) is 27.2 Å². The Bertz CT molecular complexity index is 1390. The Labute approximate surface area is 228 Å². The fourth-order valence-electron chi connectivity index (χ4n) is 4.20. The normalized spacial score (nSPS) is 14.4. The predicted molar refractivity (Wildman–Crippen MR) is 145 cm³/mol. The number of halogens is 4. The highest BCUT2D eigenvalue weighted by molar-refractivity contribution is 6.00. The molecule has 1 saturated heterocycles. The molecule has 0 unspecified atom stereocenters. The molecule has 4 rings (SSSR count). The van der Waals surface area contributed by atoms with Crippen LogP contribution in [0.3, 0.4) is 0 Å². The summed E-state index contributed by atoms with van der Waals surface area (Å²) in [6.07, 6.45) is -2.06. The first kappa shape index (κ1) is 28.7. The monoisotopic (exact) mass is 556 g/mol. The molecule has 3 amide bonds. The van der Waals surface area contributed by atoms with Crippen LogP contribution in [0.25, 0.3) is 11.1 Å². The van der Waals surface area contributed by atoms with Crippen molar-refractivity contribution in [3.05, 3.63) is 84.3 Å². The van der Waals surface area contributed by atoms with E-state index in [1.807, 2.05) is 11.9 Å². The number of likely N-dealkylation sites (N-methyl/N-ethyl adjacent to an activating group) is 1. The number of pyridine rings is 1. The number of urea groups is 1. The van der Waals surface area contributed by atoms with E-state index in [1.54, 1.807) is 18.2 Å². The van der Waals surface area contributed by atoms with Crippen molar-refractivity contribution in [1.29, 1.82) is 0 Å². The van der Waals surface area contributed by atoms with Gasteiger partial charge in [0.2, 0.25) is 5.91 Å². The number of benzene rings is 2.